The molecule has 5 nitrogen and oxygen atoms in total. The minimum absolute atomic E-state index is 0.0449. The first kappa shape index (κ1) is 16.8. The summed E-state index contributed by atoms with van der Waals surface area (Å²) >= 11 is 0. The highest BCUT2D eigenvalue weighted by Crippen LogP contribution is 2.12. The predicted molar refractivity (Wildman–Crippen MR) is 67.2 cm³/mol. The van der Waals surface area contributed by atoms with E-state index in [1.165, 1.54) is 0 Å². The fourth-order valence-electron chi connectivity index (χ4n) is 0.989. The minimum Gasteiger partial charge on any atom is -0.382 e. The Morgan fingerprint density at radius 2 is 1.29 bits per heavy atom. The topological polar surface area (TPSA) is 62.9 Å². The van der Waals surface area contributed by atoms with Gasteiger partial charge in [-0.1, -0.05) is 13.8 Å². The maximum absolute atomic E-state index is 5.59. The first-order chi connectivity index (χ1) is 8.12. The first-order valence-electron chi connectivity index (χ1n) is 6.04. The molecule has 0 aliphatic heterocycles. The van der Waals surface area contributed by atoms with Gasteiger partial charge in [-0.3, -0.25) is 0 Å². The van der Waals surface area contributed by atoms with Crippen molar-refractivity contribution in [1.29, 1.82) is 0 Å². The molecule has 0 atom stereocenters. The first-order valence-corrected chi connectivity index (χ1v) is 6.04. The van der Waals surface area contributed by atoms with E-state index in [0.29, 0.717) is 52.8 Å². The summed E-state index contributed by atoms with van der Waals surface area (Å²) in [5.41, 5.74) is 5.63. The van der Waals surface area contributed by atoms with E-state index in [-0.39, 0.29) is 5.41 Å². The molecule has 2 N–H and O–H groups in total. The van der Waals surface area contributed by atoms with Crippen molar-refractivity contribution < 1.29 is 18.9 Å². The molecule has 17 heavy (non-hydrogen) atoms. The Labute approximate surface area is 105 Å². The van der Waals surface area contributed by atoms with Crippen molar-refractivity contribution in [2.75, 3.05) is 59.9 Å². The van der Waals surface area contributed by atoms with Gasteiger partial charge in [0, 0.05) is 12.5 Å². The SMILES string of the molecule is COCCOCCOCCOCC(C)(C)CN. The second-order valence-electron chi connectivity index (χ2n) is 4.64. The maximum Gasteiger partial charge on any atom is 0.0701 e. The van der Waals surface area contributed by atoms with Crippen LogP contribution in [0.4, 0.5) is 0 Å². The molecule has 0 unspecified atom stereocenters. The predicted octanol–water partition coefficient (Wildman–Crippen LogP) is 0.668. The van der Waals surface area contributed by atoms with Crippen molar-refractivity contribution in [3.8, 4) is 0 Å². The van der Waals surface area contributed by atoms with Gasteiger partial charge in [0.1, 0.15) is 0 Å². The lowest BCUT2D eigenvalue weighted by Gasteiger charge is -2.21. The molecule has 0 fully saturated rings. The van der Waals surface area contributed by atoms with E-state index in [2.05, 4.69) is 13.8 Å². The van der Waals surface area contributed by atoms with Gasteiger partial charge in [-0.05, 0) is 6.54 Å². The zero-order valence-electron chi connectivity index (χ0n) is 11.4. The van der Waals surface area contributed by atoms with E-state index in [0.717, 1.165) is 0 Å². The summed E-state index contributed by atoms with van der Waals surface area (Å²) in [6, 6.07) is 0. The molecule has 0 saturated heterocycles. The van der Waals surface area contributed by atoms with Gasteiger partial charge in [0.25, 0.3) is 0 Å². The number of methoxy groups -OCH3 is 1. The highest BCUT2D eigenvalue weighted by molar-refractivity contribution is 4.67. The lowest BCUT2D eigenvalue weighted by Crippen LogP contribution is -2.29. The van der Waals surface area contributed by atoms with Gasteiger partial charge in [0.2, 0.25) is 0 Å². The third-order valence-electron chi connectivity index (χ3n) is 2.22. The monoisotopic (exact) mass is 249 g/mol. The molecule has 0 amide bonds. The maximum atomic E-state index is 5.59. The van der Waals surface area contributed by atoms with Crippen molar-refractivity contribution in [2.24, 2.45) is 11.1 Å². The van der Waals surface area contributed by atoms with Crippen LogP contribution in [0.3, 0.4) is 0 Å². The molecule has 0 aromatic rings. The fraction of sp³-hybridized carbons (Fsp3) is 1.00. The third-order valence-corrected chi connectivity index (χ3v) is 2.22. The van der Waals surface area contributed by atoms with Crippen LogP contribution in [-0.2, 0) is 18.9 Å². The number of nitrogens with two attached hydrogens (primary N) is 1. The molecular weight excluding hydrogens is 222 g/mol. The molecule has 104 valence electrons. The van der Waals surface area contributed by atoms with Gasteiger partial charge in [-0.25, -0.2) is 0 Å². The number of rotatable bonds is 12. The van der Waals surface area contributed by atoms with E-state index >= 15 is 0 Å². The van der Waals surface area contributed by atoms with Gasteiger partial charge in [-0.2, -0.15) is 0 Å². The van der Waals surface area contributed by atoms with E-state index < -0.39 is 0 Å². The van der Waals surface area contributed by atoms with Crippen molar-refractivity contribution >= 4 is 0 Å². The second-order valence-corrected chi connectivity index (χ2v) is 4.64. The summed E-state index contributed by atoms with van der Waals surface area (Å²) in [7, 11) is 1.65. The summed E-state index contributed by atoms with van der Waals surface area (Å²) in [6.45, 7) is 9.06. The summed E-state index contributed by atoms with van der Waals surface area (Å²) in [5.74, 6) is 0. The lowest BCUT2D eigenvalue weighted by atomic mass is 9.95. The van der Waals surface area contributed by atoms with E-state index in [9.17, 15) is 0 Å². The molecule has 0 rings (SSSR count). The summed E-state index contributed by atoms with van der Waals surface area (Å²) in [5, 5.41) is 0. The van der Waals surface area contributed by atoms with Crippen molar-refractivity contribution in [3.63, 3.8) is 0 Å². The molecule has 0 bridgehead atoms. The van der Waals surface area contributed by atoms with Crippen LogP contribution in [0.2, 0.25) is 0 Å². The largest absolute Gasteiger partial charge is 0.382 e. The van der Waals surface area contributed by atoms with Crippen LogP contribution in [0, 0.1) is 5.41 Å². The van der Waals surface area contributed by atoms with Gasteiger partial charge in [0.05, 0.1) is 46.2 Å². The Bertz CT molecular complexity index is 165. The summed E-state index contributed by atoms with van der Waals surface area (Å²) < 4.78 is 20.9. The zero-order valence-corrected chi connectivity index (χ0v) is 11.4. The Morgan fingerprint density at radius 3 is 1.76 bits per heavy atom. The Kier molecular flexibility index (Phi) is 10.8. The van der Waals surface area contributed by atoms with E-state index in [4.69, 9.17) is 24.7 Å². The Morgan fingerprint density at radius 1 is 0.824 bits per heavy atom. The Balaban J connectivity index is 3.09. The standard InChI is InChI=1S/C12H27NO4/c1-12(2,10-13)11-17-9-8-16-7-6-15-5-4-14-3/h4-11,13H2,1-3H3. The number of ether oxygens (including phenoxy) is 4. The molecule has 0 aromatic heterocycles. The average Bonchev–Trinajstić information content (AvgIpc) is 2.31. The lowest BCUT2D eigenvalue weighted by molar-refractivity contribution is -0.00845. The van der Waals surface area contributed by atoms with Gasteiger partial charge in [0.15, 0.2) is 0 Å². The molecule has 5 heteroatoms. The molecular formula is C12H27NO4. The average molecular weight is 249 g/mol. The van der Waals surface area contributed by atoms with Crippen LogP contribution in [-0.4, -0.2) is 59.9 Å². The van der Waals surface area contributed by atoms with Crippen LogP contribution in [0.1, 0.15) is 13.8 Å². The van der Waals surface area contributed by atoms with Crippen molar-refractivity contribution in [2.45, 2.75) is 13.8 Å². The van der Waals surface area contributed by atoms with Crippen LogP contribution in [0.5, 0.6) is 0 Å². The summed E-state index contributed by atoms with van der Waals surface area (Å²) in [6.07, 6.45) is 0. The molecule has 0 heterocycles. The Hall–Kier alpha value is -0.200. The summed E-state index contributed by atoms with van der Waals surface area (Å²) in [4.78, 5) is 0. The highest BCUT2D eigenvalue weighted by Gasteiger charge is 2.14. The van der Waals surface area contributed by atoms with Crippen LogP contribution in [0.15, 0.2) is 0 Å². The van der Waals surface area contributed by atoms with Crippen molar-refractivity contribution in [3.05, 3.63) is 0 Å². The van der Waals surface area contributed by atoms with Crippen molar-refractivity contribution in [1.82, 2.24) is 0 Å². The van der Waals surface area contributed by atoms with Crippen LogP contribution in [0.25, 0.3) is 0 Å². The molecule has 0 spiro atoms. The molecule has 0 aliphatic carbocycles. The zero-order chi connectivity index (χ0) is 13.0. The molecule has 0 saturated carbocycles. The van der Waals surface area contributed by atoms with Gasteiger partial charge in [-0.15, -0.1) is 0 Å². The minimum atomic E-state index is 0.0449. The van der Waals surface area contributed by atoms with Crippen LogP contribution >= 0.6 is 0 Å². The quantitative estimate of drug-likeness (QED) is 0.515. The fourth-order valence-corrected chi connectivity index (χ4v) is 0.989. The molecule has 0 aromatic carbocycles. The molecule has 0 aliphatic rings. The van der Waals surface area contributed by atoms with E-state index in [1.54, 1.807) is 7.11 Å². The normalized spacial score (nSPS) is 12.0. The number of hydrogen-bond acceptors (Lipinski definition) is 5. The van der Waals surface area contributed by atoms with Gasteiger partial charge >= 0.3 is 0 Å². The van der Waals surface area contributed by atoms with E-state index in [1.807, 2.05) is 0 Å². The van der Waals surface area contributed by atoms with Gasteiger partial charge < -0.3 is 24.7 Å². The molecule has 0 radical (unpaired) electrons. The third kappa shape index (κ3) is 12.1. The second kappa shape index (κ2) is 10.9. The highest BCUT2D eigenvalue weighted by atomic mass is 16.6. The number of hydrogen-bond donors (Lipinski definition) is 1. The van der Waals surface area contributed by atoms with Crippen LogP contribution < -0.4 is 5.73 Å². The smallest absolute Gasteiger partial charge is 0.0701 e.